The Morgan fingerprint density at radius 1 is 0.871 bits per heavy atom. The molecular formula is C24H31N3O3S. The molecule has 2 aromatic carbocycles. The fourth-order valence-corrected chi connectivity index (χ4v) is 3.12. The molecule has 0 aliphatic rings. The van der Waals surface area contributed by atoms with Crippen LogP contribution in [0.1, 0.15) is 62.7 Å². The van der Waals surface area contributed by atoms with Gasteiger partial charge in [0, 0.05) is 17.8 Å². The third-order valence-corrected chi connectivity index (χ3v) is 4.72. The molecule has 0 radical (unpaired) electrons. The monoisotopic (exact) mass is 441 g/mol. The van der Waals surface area contributed by atoms with E-state index in [1.165, 1.54) is 12.8 Å². The van der Waals surface area contributed by atoms with Gasteiger partial charge in [0.25, 0.3) is 5.91 Å². The molecule has 0 aliphatic heterocycles. The topological polar surface area (TPSA) is 79.5 Å². The average molecular weight is 442 g/mol. The summed E-state index contributed by atoms with van der Waals surface area (Å²) in [5.74, 6) is 0.203. The number of unbranched alkanes of at least 4 members (excludes halogenated alkanes) is 3. The first-order chi connectivity index (χ1) is 15.0. The number of ether oxygens (including phenoxy) is 1. The first-order valence-electron chi connectivity index (χ1n) is 10.8. The van der Waals surface area contributed by atoms with Gasteiger partial charge < -0.3 is 15.4 Å². The van der Waals surface area contributed by atoms with Crippen LogP contribution in [0.3, 0.4) is 0 Å². The Hall–Kier alpha value is -2.93. The Morgan fingerprint density at radius 2 is 1.55 bits per heavy atom. The average Bonchev–Trinajstić information content (AvgIpc) is 2.75. The minimum absolute atomic E-state index is 0.0164. The molecule has 0 spiro atoms. The van der Waals surface area contributed by atoms with Crippen LogP contribution in [0.2, 0.25) is 0 Å². The van der Waals surface area contributed by atoms with Gasteiger partial charge in [0.2, 0.25) is 5.91 Å². The summed E-state index contributed by atoms with van der Waals surface area (Å²) in [5, 5.41) is 8.68. The summed E-state index contributed by atoms with van der Waals surface area (Å²) in [4.78, 5) is 24.3. The number of nitrogens with one attached hydrogen (secondary N) is 3. The molecule has 6 nitrogen and oxygen atoms in total. The number of thiocarbonyl (C=S) groups is 1. The van der Waals surface area contributed by atoms with Gasteiger partial charge in [-0.25, -0.2) is 0 Å². The molecular weight excluding hydrogens is 410 g/mol. The molecule has 0 aliphatic carbocycles. The first kappa shape index (κ1) is 24.3. The second kappa shape index (κ2) is 13.4. The van der Waals surface area contributed by atoms with E-state index in [0.717, 1.165) is 19.3 Å². The first-order valence-corrected chi connectivity index (χ1v) is 11.2. The molecule has 0 saturated carbocycles. The van der Waals surface area contributed by atoms with Gasteiger partial charge in [-0.2, -0.15) is 0 Å². The number of anilines is 2. The fraction of sp³-hybridized carbons (Fsp3) is 0.375. The summed E-state index contributed by atoms with van der Waals surface area (Å²) in [6.45, 7) is 4.70. The normalized spacial score (nSPS) is 10.3. The maximum absolute atomic E-state index is 12.7. The van der Waals surface area contributed by atoms with Crippen LogP contribution >= 0.6 is 12.2 Å². The Bertz CT molecular complexity index is 869. The van der Waals surface area contributed by atoms with Crippen molar-refractivity contribution in [3.63, 3.8) is 0 Å². The van der Waals surface area contributed by atoms with Crippen molar-refractivity contribution in [3.8, 4) is 5.75 Å². The number of hydrogen-bond acceptors (Lipinski definition) is 4. The van der Waals surface area contributed by atoms with Gasteiger partial charge in [0.05, 0.1) is 12.2 Å². The molecule has 0 heterocycles. The molecule has 0 fully saturated rings. The minimum atomic E-state index is -0.329. The Kier molecular flexibility index (Phi) is 10.5. The molecule has 2 amide bonds. The molecule has 3 N–H and O–H groups in total. The van der Waals surface area contributed by atoms with Crippen LogP contribution in [-0.2, 0) is 4.79 Å². The number of carbonyl (C=O) groups is 2. The van der Waals surface area contributed by atoms with E-state index in [0.29, 0.717) is 35.7 Å². The van der Waals surface area contributed by atoms with Crippen molar-refractivity contribution in [1.29, 1.82) is 0 Å². The maximum atomic E-state index is 12.7. The molecule has 2 aromatic rings. The zero-order valence-electron chi connectivity index (χ0n) is 18.2. The van der Waals surface area contributed by atoms with Crippen molar-refractivity contribution in [2.24, 2.45) is 0 Å². The fourth-order valence-electron chi connectivity index (χ4n) is 2.91. The van der Waals surface area contributed by atoms with Crippen LogP contribution < -0.4 is 20.7 Å². The van der Waals surface area contributed by atoms with Gasteiger partial charge >= 0.3 is 0 Å². The van der Waals surface area contributed by atoms with Crippen LogP contribution in [0.5, 0.6) is 5.75 Å². The molecule has 0 saturated heterocycles. The number of para-hydroxylation sites is 1. The van der Waals surface area contributed by atoms with E-state index in [4.69, 9.17) is 17.0 Å². The Morgan fingerprint density at radius 3 is 2.23 bits per heavy atom. The summed E-state index contributed by atoms with van der Waals surface area (Å²) >= 11 is 5.27. The molecule has 166 valence electrons. The SMILES string of the molecule is CCCCCCOc1ccccc1C(=O)NC(=S)Nc1ccc(NC(=O)CCC)cc1. The number of rotatable bonds is 11. The summed E-state index contributed by atoms with van der Waals surface area (Å²) in [6.07, 6.45) is 5.70. The number of amides is 2. The third kappa shape index (κ3) is 8.76. The lowest BCUT2D eigenvalue weighted by atomic mass is 10.2. The highest BCUT2D eigenvalue weighted by molar-refractivity contribution is 7.80. The van der Waals surface area contributed by atoms with Crippen molar-refractivity contribution in [3.05, 3.63) is 54.1 Å². The van der Waals surface area contributed by atoms with E-state index in [9.17, 15) is 9.59 Å². The summed E-state index contributed by atoms with van der Waals surface area (Å²) in [6, 6.07) is 14.3. The van der Waals surface area contributed by atoms with Crippen LogP contribution in [0.15, 0.2) is 48.5 Å². The van der Waals surface area contributed by atoms with Crippen LogP contribution in [0, 0.1) is 0 Å². The van der Waals surface area contributed by atoms with E-state index in [2.05, 4.69) is 22.9 Å². The van der Waals surface area contributed by atoms with Gasteiger partial charge in [-0.05, 0) is 61.5 Å². The van der Waals surface area contributed by atoms with Crippen molar-refractivity contribution in [2.45, 2.75) is 52.4 Å². The lowest BCUT2D eigenvalue weighted by Gasteiger charge is -2.13. The van der Waals surface area contributed by atoms with Crippen LogP contribution in [0.4, 0.5) is 11.4 Å². The van der Waals surface area contributed by atoms with E-state index in [-0.39, 0.29) is 16.9 Å². The van der Waals surface area contributed by atoms with Crippen LogP contribution in [-0.4, -0.2) is 23.5 Å². The molecule has 0 atom stereocenters. The smallest absolute Gasteiger partial charge is 0.261 e. The van der Waals surface area contributed by atoms with E-state index >= 15 is 0 Å². The highest BCUT2D eigenvalue weighted by Gasteiger charge is 2.13. The van der Waals surface area contributed by atoms with E-state index < -0.39 is 0 Å². The van der Waals surface area contributed by atoms with Gasteiger partial charge in [-0.15, -0.1) is 0 Å². The van der Waals surface area contributed by atoms with Gasteiger partial charge in [0.15, 0.2) is 5.11 Å². The maximum Gasteiger partial charge on any atom is 0.261 e. The molecule has 0 aromatic heterocycles. The molecule has 0 unspecified atom stereocenters. The minimum Gasteiger partial charge on any atom is -0.493 e. The van der Waals surface area contributed by atoms with Gasteiger partial charge in [-0.1, -0.05) is 45.2 Å². The van der Waals surface area contributed by atoms with Gasteiger partial charge in [-0.3, -0.25) is 14.9 Å². The van der Waals surface area contributed by atoms with Crippen molar-refractivity contribution in [1.82, 2.24) is 5.32 Å². The predicted octanol–water partition coefficient (Wildman–Crippen LogP) is 5.51. The molecule has 31 heavy (non-hydrogen) atoms. The standard InChI is InChI=1S/C24H31N3O3S/c1-3-5-6-9-17-30-21-12-8-7-11-20(21)23(29)27-24(31)26-19-15-13-18(14-16-19)25-22(28)10-4-2/h7-8,11-16H,3-6,9-10,17H2,1-2H3,(H,25,28)(H2,26,27,29,31). The summed E-state index contributed by atoms with van der Waals surface area (Å²) < 4.78 is 5.81. The molecule has 0 bridgehead atoms. The zero-order chi connectivity index (χ0) is 22.5. The highest BCUT2D eigenvalue weighted by Crippen LogP contribution is 2.19. The lowest BCUT2D eigenvalue weighted by molar-refractivity contribution is -0.116. The third-order valence-electron chi connectivity index (χ3n) is 4.52. The summed E-state index contributed by atoms with van der Waals surface area (Å²) in [5.41, 5.74) is 1.86. The largest absolute Gasteiger partial charge is 0.493 e. The molecule has 7 heteroatoms. The molecule has 2 rings (SSSR count). The Balaban J connectivity index is 1.88. The summed E-state index contributed by atoms with van der Waals surface area (Å²) in [7, 11) is 0. The van der Waals surface area contributed by atoms with Crippen molar-refractivity contribution >= 4 is 40.5 Å². The van der Waals surface area contributed by atoms with Crippen molar-refractivity contribution in [2.75, 3.05) is 17.2 Å². The van der Waals surface area contributed by atoms with E-state index in [1.807, 2.05) is 13.0 Å². The quantitative estimate of drug-likeness (QED) is 0.316. The van der Waals surface area contributed by atoms with Crippen molar-refractivity contribution < 1.29 is 14.3 Å². The lowest BCUT2D eigenvalue weighted by Crippen LogP contribution is -2.34. The Labute approximate surface area is 189 Å². The predicted molar refractivity (Wildman–Crippen MR) is 130 cm³/mol. The number of hydrogen-bond donors (Lipinski definition) is 3. The second-order valence-corrected chi connectivity index (χ2v) is 7.60. The number of benzene rings is 2. The number of carbonyl (C=O) groups excluding carboxylic acids is 2. The highest BCUT2D eigenvalue weighted by atomic mass is 32.1. The zero-order valence-corrected chi connectivity index (χ0v) is 19.0. The van der Waals surface area contributed by atoms with Crippen LogP contribution in [0.25, 0.3) is 0 Å². The van der Waals surface area contributed by atoms with Gasteiger partial charge in [0.1, 0.15) is 5.75 Å². The second-order valence-electron chi connectivity index (χ2n) is 7.19. The van der Waals surface area contributed by atoms with E-state index in [1.54, 1.807) is 42.5 Å².